The third-order valence-electron chi connectivity index (χ3n) is 3.40. The number of nitrogens with one attached hydrogen (secondary N) is 1. The van der Waals surface area contributed by atoms with Crippen LogP contribution < -0.4 is 5.48 Å². The lowest BCUT2D eigenvalue weighted by Gasteiger charge is -2.15. The zero-order chi connectivity index (χ0) is 20.3. The number of hydrogen-bond acceptors (Lipinski definition) is 3. The standard InChI is InChI=1S/C15H22FNO2.C2HF3O2/c1-4-12-9-11(7-8-14(12)16)10-13(5-2)15(18)17-19-6-3;3-2(4,5)1(6)7/h7-9,13H,4-6,10H2,1-3H3,(H,17,18);(H,6,7). The smallest absolute Gasteiger partial charge is 0.475 e. The molecule has 1 aromatic rings. The summed E-state index contributed by atoms with van der Waals surface area (Å²) >= 11 is 0. The molecule has 0 radical (unpaired) electrons. The Kier molecular flexibility index (Phi) is 10.5. The van der Waals surface area contributed by atoms with Crippen molar-refractivity contribution in [1.29, 1.82) is 0 Å². The lowest BCUT2D eigenvalue weighted by atomic mass is 9.95. The van der Waals surface area contributed by atoms with Crippen LogP contribution in [0.25, 0.3) is 0 Å². The Balaban J connectivity index is 0.000000758. The van der Waals surface area contributed by atoms with Gasteiger partial charge in [0, 0.05) is 5.92 Å². The van der Waals surface area contributed by atoms with Crippen LogP contribution in [-0.2, 0) is 27.3 Å². The lowest BCUT2D eigenvalue weighted by Crippen LogP contribution is -2.31. The number of carboxylic acids is 1. The van der Waals surface area contributed by atoms with Gasteiger partial charge in [0.2, 0.25) is 5.91 Å². The van der Waals surface area contributed by atoms with E-state index in [9.17, 15) is 22.4 Å². The molecule has 0 aliphatic carbocycles. The molecular formula is C17H23F4NO4. The van der Waals surface area contributed by atoms with Crippen molar-refractivity contribution in [1.82, 2.24) is 5.48 Å². The average molecular weight is 381 g/mol. The van der Waals surface area contributed by atoms with E-state index < -0.39 is 12.1 Å². The molecule has 0 aliphatic heterocycles. The second-order valence-electron chi connectivity index (χ2n) is 5.29. The highest BCUT2D eigenvalue weighted by Crippen LogP contribution is 2.17. The van der Waals surface area contributed by atoms with Gasteiger partial charge in [0.15, 0.2) is 0 Å². The van der Waals surface area contributed by atoms with Crippen LogP contribution in [0.4, 0.5) is 17.6 Å². The van der Waals surface area contributed by atoms with Crippen molar-refractivity contribution in [3.63, 3.8) is 0 Å². The summed E-state index contributed by atoms with van der Waals surface area (Å²) < 4.78 is 45.2. The predicted molar refractivity (Wildman–Crippen MR) is 86.7 cm³/mol. The number of hydrogen-bond donors (Lipinski definition) is 2. The minimum absolute atomic E-state index is 0.119. The molecule has 1 aromatic carbocycles. The van der Waals surface area contributed by atoms with E-state index in [1.54, 1.807) is 6.07 Å². The Bertz CT molecular complexity index is 591. The number of rotatable bonds is 7. The highest BCUT2D eigenvalue weighted by molar-refractivity contribution is 5.77. The topological polar surface area (TPSA) is 75.6 Å². The second kappa shape index (κ2) is 11.5. The molecule has 1 amide bonds. The molecule has 0 saturated carbocycles. The van der Waals surface area contributed by atoms with E-state index in [2.05, 4.69) is 5.48 Å². The van der Waals surface area contributed by atoms with Crippen LogP contribution in [0.15, 0.2) is 18.2 Å². The Morgan fingerprint density at radius 1 is 1.23 bits per heavy atom. The van der Waals surface area contributed by atoms with Crippen molar-refractivity contribution in [2.75, 3.05) is 6.61 Å². The molecule has 0 aromatic heterocycles. The summed E-state index contributed by atoms with van der Waals surface area (Å²) in [6, 6.07) is 5.05. The van der Waals surface area contributed by atoms with Crippen molar-refractivity contribution >= 4 is 11.9 Å². The SMILES string of the molecule is CCONC(=O)C(CC)Cc1ccc(F)c(CC)c1.O=C(O)C(F)(F)F. The predicted octanol–water partition coefficient (Wildman–Crippen LogP) is 3.66. The lowest BCUT2D eigenvalue weighted by molar-refractivity contribution is -0.192. The maximum Gasteiger partial charge on any atom is 0.490 e. The van der Waals surface area contributed by atoms with Crippen LogP contribution in [0.5, 0.6) is 0 Å². The van der Waals surface area contributed by atoms with Gasteiger partial charge in [-0.3, -0.25) is 9.63 Å². The zero-order valence-corrected chi connectivity index (χ0v) is 14.8. The van der Waals surface area contributed by atoms with Gasteiger partial charge in [-0.1, -0.05) is 26.0 Å². The third-order valence-corrected chi connectivity index (χ3v) is 3.40. The summed E-state index contributed by atoms with van der Waals surface area (Å²) in [6.07, 6.45) is -3.11. The fourth-order valence-corrected chi connectivity index (χ4v) is 1.96. The van der Waals surface area contributed by atoms with Gasteiger partial charge in [-0.25, -0.2) is 14.7 Å². The van der Waals surface area contributed by atoms with Crippen molar-refractivity contribution in [3.8, 4) is 0 Å². The molecule has 0 spiro atoms. The molecule has 2 N–H and O–H groups in total. The van der Waals surface area contributed by atoms with E-state index in [4.69, 9.17) is 14.7 Å². The molecule has 1 unspecified atom stereocenters. The van der Waals surface area contributed by atoms with Crippen LogP contribution >= 0.6 is 0 Å². The number of aliphatic carboxylic acids is 1. The van der Waals surface area contributed by atoms with Gasteiger partial charge in [0.05, 0.1) is 6.61 Å². The summed E-state index contributed by atoms with van der Waals surface area (Å²) in [4.78, 5) is 25.7. The van der Waals surface area contributed by atoms with Gasteiger partial charge in [-0.15, -0.1) is 0 Å². The molecule has 0 bridgehead atoms. The molecule has 0 aliphatic rings. The maximum atomic E-state index is 13.4. The minimum Gasteiger partial charge on any atom is -0.475 e. The van der Waals surface area contributed by atoms with Crippen LogP contribution in [0, 0.1) is 11.7 Å². The Morgan fingerprint density at radius 2 is 1.81 bits per heavy atom. The van der Waals surface area contributed by atoms with Gasteiger partial charge < -0.3 is 5.11 Å². The molecule has 1 atom stereocenters. The van der Waals surface area contributed by atoms with Crippen molar-refractivity contribution in [3.05, 3.63) is 35.1 Å². The van der Waals surface area contributed by atoms with Gasteiger partial charge in [-0.05, 0) is 43.4 Å². The molecule has 9 heteroatoms. The highest BCUT2D eigenvalue weighted by Gasteiger charge is 2.38. The van der Waals surface area contributed by atoms with Gasteiger partial charge in [0.25, 0.3) is 0 Å². The van der Waals surface area contributed by atoms with E-state index >= 15 is 0 Å². The quantitative estimate of drug-likeness (QED) is 0.558. The largest absolute Gasteiger partial charge is 0.490 e. The molecule has 1 rings (SSSR count). The third kappa shape index (κ3) is 8.80. The molecule has 0 saturated heterocycles. The zero-order valence-electron chi connectivity index (χ0n) is 14.8. The Hall–Kier alpha value is -2.16. The maximum absolute atomic E-state index is 13.4. The summed E-state index contributed by atoms with van der Waals surface area (Å²) in [7, 11) is 0. The summed E-state index contributed by atoms with van der Waals surface area (Å²) in [5, 5.41) is 7.12. The van der Waals surface area contributed by atoms with Crippen LogP contribution in [0.2, 0.25) is 0 Å². The molecule has 0 fully saturated rings. The van der Waals surface area contributed by atoms with Crippen LogP contribution in [-0.4, -0.2) is 29.8 Å². The molecular weight excluding hydrogens is 358 g/mol. The number of benzene rings is 1. The number of carbonyl (C=O) groups is 2. The summed E-state index contributed by atoms with van der Waals surface area (Å²) in [6.45, 7) is 6.13. The van der Waals surface area contributed by atoms with Crippen LogP contribution in [0.1, 0.15) is 38.3 Å². The highest BCUT2D eigenvalue weighted by atomic mass is 19.4. The monoisotopic (exact) mass is 381 g/mol. The van der Waals surface area contributed by atoms with E-state index in [-0.39, 0.29) is 17.6 Å². The van der Waals surface area contributed by atoms with Crippen molar-refractivity contribution < 1.29 is 37.1 Å². The number of amides is 1. The molecule has 26 heavy (non-hydrogen) atoms. The first kappa shape index (κ1) is 23.8. The molecule has 148 valence electrons. The normalized spacial score (nSPS) is 12.0. The van der Waals surface area contributed by atoms with E-state index in [0.717, 1.165) is 12.0 Å². The summed E-state index contributed by atoms with van der Waals surface area (Å²) in [5.41, 5.74) is 4.11. The van der Waals surface area contributed by atoms with Crippen molar-refractivity contribution in [2.24, 2.45) is 5.92 Å². The van der Waals surface area contributed by atoms with E-state index in [0.29, 0.717) is 25.0 Å². The van der Waals surface area contributed by atoms with E-state index in [1.165, 1.54) is 6.07 Å². The Morgan fingerprint density at radius 3 is 2.23 bits per heavy atom. The first-order valence-electron chi connectivity index (χ1n) is 8.05. The molecule has 0 heterocycles. The number of aryl methyl sites for hydroxylation is 1. The Labute approximate surface area is 149 Å². The second-order valence-corrected chi connectivity index (χ2v) is 5.29. The first-order valence-corrected chi connectivity index (χ1v) is 8.05. The number of alkyl halides is 3. The average Bonchev–Trinajstić information content (AvgIpc) is 2.58. The minimum atomic E-state index is -5.08. The number of halogens is 4. The van der Waals surface area contributed by atoms with Crippen LogP contribution in [0.3, 0.4) is 0 Å². The fourth-order valence-electron chi connectivity index (χ4n) is 1.96. The van der Waals surface area contributed by atoms with Gasteiger partial charge in [0.1, 0.15) is 5.82 Å². The van der Waals surface area contributed by atoms with E-state index in [1.807, 2.05) is 26.8 Å². The first-order chi connectivity index (χ1) is 12.1. The van der Waals surface area contributed by atoms with Crippen molar-refractivity contribution in [2.45, 2.75) is 46.2 Å². The number of hydroxylamine groups is 1. The summed E-state index contributed by atoms with van der Waals surface area (Å²) in [5.74, 6) is -3.21. The fraction of sp³-hybridized carbons (Fsp3) is 0.529. The molecule has 5 nitrogen and oxygen atoms in total. The number of carbonyl (C=O) groups excluding carboxylic acids is 1. The van der Waals surface area contributed by atoms with Gasteiger partial charge >= 0.3 is 12.1 Å². The number of carboxylic acid groups (broad SMARTS) is 1. The van der Waals surface area contributed by atoms with Gasteiger partial charge in [-0.2, -0.15) is 13.2 Å².